The Morgan fingerprint density at radius 1 is 1.60 bits per heavy atom. The van der Waals surface area contributed by atoms with Crippen LogP contribution in [0.4, 0.5) is 0 Å². The van der Waals surface area contributed by atoms with Crippen molar-refractivity contribution in [3.63, 3.8) is 0 Å². The van der Waals surface area contributed by atoms with Gasteiger partial charge in [0.25, 0.3) is 0 Å². The van der Waals surface area contributed by atoms with E-state index in [9.17, 15) is 4.79 Å². The highest BCUT2D eigenvalue weighted by molar-refractivity contribution is 6.31. The van der Waals surface area contributed by atoms with Crippen LogP contribution in [0.3, 0.4) is 0 Å². The summed E-state index contributed by atoms with van der Waals surface area (Å²) < 4.78 is 5.13. The second-order valence-electron chi connectivity index (χ2n) is 3.39. The van der Waals surface area contributed by atoms with Crippen LogP contribution in [-0.2, 0) is 16.1 Å². The Morgan fingerprint density at radius 2 is 2.27 bits per heavy atom. The van der Waals surface area contributed by atoms with Crippen LogP contribution in [-0.4, -0.2) is 17.2 Å². The number of benzene rings is 1. The molecule has 1 aromatic carbocycles. The van der Waals surface area contributed by atoms with Crippen molar-refractivity contribution in [2.75, 3.05) is 0 Å². The van der Waals surface area contributed by atoms with Crippen molar-refractivity contribution in [3.8, 4) is 0 Å². The van der Waals surface area contributed by atoms with Crippen LogP contribution < -0.4 is 0 Å². The Bertz CT molecular complexity index is 363. The molecule has 15 heavy (non-hydrogen) atoms. The zero-order valence-electron chi connectivity index (χ0n) is 8.66. The molecule has 1 atom stereocenters. The van der Waals surface area contributed by atoms with E-state index in [0.717, 1.165) is 11.1 Å². The number of carboxylic acids is 1. The summed E-state index contributed by atoms with van der Waals surface area (Å²) in [4.78, 5) is 10.5. The molecule has 0 amide bonds. The fourth-order valence-corrected chi connectivity index (χ4v) is 1.35. The molecular formula is C11H13ClO3. The SMILES string of the molecule is Cc1ccc(CO[C@H](C)C(=O)O)c(Cl)c1. The highest BCUT2D eigenvalue weighted by Gasteiger charge is 2.11. The predicted octanol–water partition coefficient (Wildman–Crippen LogP) is 2.64. The average Bonchev–Trinajstić information content (AvgIpc) is 2.15. The Hall–Kier alpha value is -1.06. The number of halogens is 1. The van der Waals surface area contributed by atoms with Gasteiger partial charge < -0.3 is 9.84 Å². The lowest BCUT2D eigenvalue weighted by Crippen LogP contribution is -2.19. The van der Waals surface area contributed by atoms with Gasteiger partial charge in [-0.2, -0.15) is 0 Å². The monoisotopic (exact) mass is 228 g/mol. The molecule has 0 aromatic heterocycles. The predicted molar refractivity (Wildman–Crippen MR) is 58.1 cm³/mol. The molecule has 0 spiro atoms. The van der Waals surface area contributed by atoms with E-state index >= 15 is 0 Å². The molecule has 1 N–H and O–H groups in total. The molecule has 0 bridgehead atoms. The van der Waals surface area contributed by atoms with Gasteiger partial charge in [-0.05, 0) is 31.0 Å². The Balaban J connectivity index is 2.62. The van der Waals surface area contributed by atoms with E-state index in [4.69, 9.17) is 21.4 Å². The minimum atomic E-state index is -0.974. The van der Waals surface area contributed by atoms with Crippen LogP contribution in [0.25, 0.3) is 0 Å². The summed E-state index contributed by atoms with van der Waals surface area (Å²) in [6, 6.07) is 5.58. The summed E-state index contributed by atoms with van der Waals surface area (Å²) in [5.74, 6) is -0.974. The first-order chi connectivity index (χ1) is 7.00. The number of aryl methyl sites for hydroxylation is 1. The maximum absolute atomic E-state index is 10.5. The third-order valence-corrected chi connectivity index (χ3v) is 2.40. The second kappa shape index (κ2) is 5.14. The molecule has 1 aromatic rings. The molecule has 0 saturated carbocycles. The smallest absolute Gasteiger partial charge is 0.332 e. The molecule has 0 aliphatic heterocycles. The van der Waals surface area contributed by atoms with Gasteiger partial charge in [-0.25, -0.2) is 4.79 Å². The van der Waals surface area contributed by atoms with Crippen molar-refractivity contribution in [2.45, 2.75) is 26.6 Å². The summed E-state index contributed by atoms with van der Waals surface area (Å²) in [6.45, 7) is 3.65. The van der Waals surface area contributed by atoms with Gasteiger partial charge in [-0.1, -0.05) is 23.7 Å². The maximum Gasteiger partial charge on any atom is 0.332 e. The largest absolute Gasteiger partial charge is 0.479 e. The molecule has 1 rings (SSSR count). The van der Waals surface area contributed by atoms with Gasteiger partial charge in [0.15, 0.2) is 6.10 Å². The molecule has 0 saturated heterocycles. The van der Waals surface area contributed by atoms with Crippen LogP contribution >= 0.6 is 11.6 Å². The number of carbonyl (C=O) groups is 1. The number of aliphatic carboxylic acids is 1. The van der Waals surface area contributed by atoms with Crippen molar-refractivity contribution < 1.29 is 14.6 Å². The van der Waals surface area contributed by atoms with Gasteiger partial charge in [0.2, 0.25) is 0 Å². The Labute approximate surface area is 93.6 Å². The highest BCUT2D eigenvalue weighted by atomic mass is 35.5. The zero-order chi connectivity index (χ0) is 11.4. The average molecular weight is 229 g/mol. The van der Waals surface area contributed by atoms with Crippen LogP contribution in [0, 0.1) is 6.92 Å². The summed E-state index contributed by atoms with van der Waals surface area (Å²) in [6.07, 6.45) is -0.817. The molecule has 0 aliphatic carbocycles. The molecule has 0 radical (unpaired) electrons. The number of hydrogen-bond acceptors (Lipinski definition) is 2. The summed E-state index contributed by atoms with van der Waals surface area (Å²) in [5, 5.41) is 9.22. The summed E-state index contributed by atoms with van der Waals surface area (Å²) >= 11 is 5.97. The third-order valence-electron chi connectivity index (χ3n) is 2.05. The number of hydrogen-bond donors (Lipinski definition) is 1. The molecule has 0 fully saturated rings. The fourth-order valence-electron chi connectivity index (χ4n) is 1.06. The topological polar surface area (TPSA) is 46.5 Å². The van der Waals surface area contributed by atoms with Gasteiger partial charge >= 0.3 is 5.97 Å². The van der Waals surface area contributed by atoms with E-state index in [1.54, 1.807) is 0 Å². The van der Waals surface area contributed by atoms with E-state index in [-0.39, 0.29) is 6.61 Å². The van der Waals surface area contributed by atoms with Gasteiger partial charge in [0, 0.05) is 5.02 Å². The van der Waals surface area contributed by atoms with Crippen LogP contribution in [0.5, 0.6) is 0 Å². The number of ether oxygens (including phenoxy) is 1. The summed E-state index contributed by atoms with van der Waals surface area (Å²) in [7, 11) is 0. The third kappa shape index (κ3) is 3.53. The highest BCUT2D eigenvalue weighted by Crippen LogP contribution is 2.18. The van der Waals surface area contributed by atoms with E-state index in [1.807, 2.05) is 25.1 Å². The Morgan fingerprint density at radius 3 is 2.80 bits per heavy atom. The standard InChI is InChI=1S/C11H13ClO3/c1-7-3-4-9(10(12)5-7)6-15-8(2)11(13)14/h3-5,8H,6H2,1-2H3,(H,13,14)/t8-/m1/s1. The van der Waals surface area contributed by atoms with Gasteiger partial charge in [0.05, 0.1) is 6.61 Å². The van der Waals surface area contributed by atoms with Crippen molar-refractivity contribution >= 4 is 17.6 Å². The second-order valence-corrected chi connectivity index (χ2v) is 3.79. The first kappa shape index (κ1) is 12.0. The lowest BCUT2D eigenvalue weighted by atomic mass is 10.1. The zero-order valence-corrected chi connectivity index (χ0v) is 9.41. The molecular weight excluding hydrogens is 216 g/mol. The van der Waals surface area contributed by atoms with E-state index in [0.29, 0.717) is 5.02 Å². The van der Waals surface area contributed by atoms with Crippen LogP contribution in [0.2, 0.25) is 5.02 Å². The number of carboxylic acid groups (broad SMARTS) is 1. The van der Waals surface area contributed by atoms with Gasteiger partial charge in [0.1, 0.15) is 0 Å². The first-order valence-electron chi connectivity index (χ1n) is 4.60. The van der Waals surface area contributed by atoms with E-state index < -0.39 is 12.1 Å². The Kier molecular flexibility index (Phi) is 4.12. The lowest BCUT2D eigenvalue weighted by Gasteiger charge is -2.09. The minimum Gasteiger partial charge on any atom is -0.479 e. The lowest BCUT2D eigenvalue weighted by molar-refractivity contribution is -0.149. The molecule has 0 aliphatic rings. The summed E-state index contributed by atoms with van der Waals surface area (Å²) in [5.41, 5.74) is 1.87. The van der Waals surface area contributed by atoms with Crippen molar-refractivity contribution in [1.29, 1.82) is 0 Å². The quantitative estimate of drug-likeness (QED) is 0.862. The van der Waals surface area contributed by atoms with Crippen molar-refractivity contribution in [3.05, 3.63) is 34.3 Å². The molecule has 0 heterocycles. The normalized spacial score (nSPS) is 12.5. The van der Waals surface area contributed by atoms with Gasteiger partial charge in [-0.15, -0.1) is 0 Å². The first-order valence-corrected chi connectivity index (χ1v) is 4.98. The number of rotatable bonds is 4. The van der Waals surface area contributed by atoms with E-state index in [2.05, 4.69) is 0 Å². The minimum absolute atomic E-state index is 0.215. The van der Waals surface area contributed by atoms with E-state index in [1.165, 1.54) is 6.92 Å². The molecule has 3 nitrogen and oxygen atoms in total. The molecule has 82 valence electrons. The van der Waals surface area contributed by atoms with Crippen molar-refractivity contribution in [1.82, 2.24) is 0 Å². The van der Waals surface area contributed by atoms with Crippen LogP contribution in [0.15, 0.2) is 18.2 Å². The van der Waals surface area contributed by atoms with Crippen LogP contribution in [0.1, 0.15) is 18.1 Å². The molecule has 4 heteroatoms. The van der Waals surface area contributed by atoms with Gasteiger partial charge in [-0.3, -0.25) is 0 Å². The fraction of sp³-hybridized carbons (Fsp3) is 0.364. The van der Waals surface area contributed by atoms with Crippen molar-refractivity contribution in [2.24, 2.45) is 0 Å². The maximum atomic E-state index is 10.5. The molecule has 0 unspecified atom stereocenters.